The Hall–Kier alpha value is -0.220. The molecular weight excluding hydrogens is 232 g/mol. The highest BCUT2D eigenvalue weighted by Crippen LogP contribution is 2.26. The molecule has 0 aromatic heterocycles. The van der Waals surface area contributed by atoms with Crippen LogP contribution in [-0.4, -0.2) is 29.3 Å². The quantitative estimate of drug-likeness (QED) is 0.867. The molecule has 2 nitrogen and oxygen atoms in total. The van der Waals surface area contributed by atoms with Gasteiger partial charge >= 0.3 is 0 Å². The smallest absolute Gasteiger partial charge is 0.106 e. The largest absolute Gasteiger partial charge is 0.386 e. The van der Waals surface area contributed by atoms with Gasteiger partial charge < -0.3 is 9.84 Å². The lowest BCUT2D eigenvalue weighted by atomic mass is 10.1. The molecule has 0 amide bonds. The van der Waals surface area contributed by atoms with Crippen molar-refractivity contribution in [3.63, 3.8) is 0 Å². The minimum atomic E-state index is -0.573. The summed E-state index contributed by atoms with van der Waals surface area (Å²) in [5.74, 6) is 1.85. The summed E-state index contributed by atoms with van der Waals surface area (Å²) in [7, 11) is 0. The highest BCUT2D eigenvalue weighted by Gasteiger charge is 2.24. The van der Waals surface area contributed by atoms with Gasteiger partial charge in [-0.05, 0) is 17.7 Å². The van der Waals surface area contributed by atoms with Crippen LogP contribution in [0.4, 0.5) is 0 Å². The van der Waals surface area contributed by atoms with Crippen molar-refractivity contribution in [2.75, 3.05) is 18.1 Å². The maximum atomic E-state index is 10.1. The zero-order valence-electron chi connectivity index (χ0n) is 8.23. The molecule has 1 fully saturated rings. The Morgan fingerprint density at radius 1 is 1.53 bits per heavy atom. The van der Waals surface area contributed by atoms with Gasteiger partial charge in [0.05, 0.1) is 12.7 Å². The van der Waals surface area contributed by atoms with E-state index in [9.17, 15) is 5.11 Å². The van der Waals surface area contributed by atoms with Crippen molar-refractivity contribution in [2.45, 2.75) is 12.2 Å². The van der Waals surface area contributed by atoms with Gasteiger partial charge in [0.1, 0.15) is 6.10 Å². The molecule has 0 radical (unpaired) electrons. The van der Waals surface area contributed by atoms with Crippen LogP contribution in [0.3, 0.4) is 0 Å². The minimum Gasteiger partial charge on any atom is -0.386 e. The summed E-state index contributed by atoms with van der Waals surface area (Å²) in [5, 5.41) is 10.7. The molecule has 1 aromatic rings. The number of hydrogen-bond donors (Lipinski definition) is 1. The molecule has 0 saturated carbocycles. The van der Waals surface area contributed by atoms with E-state index in [2.05, 4.69) is 0 Å². The average Bonchev–Trinajstić information content (AvgIpc) is 2.29. The molecule has 1 aromatic carbocycles. The maximum Gasteiger partial charge on any atom is 0.106 e. The molecule has 82 valence electrons. The Bertz CT molecular complexity index is 326. The fourth-order valence-electron chi connectivity index (χ4n) is 1.59. The van der Waals surface area contributed by atoms with Gasteiger partial charge in [-0.15, -0.1) is 0 Å². The first kappa shape index (κ1) is 11.3. The summed E-state index contributed by atoms with van der Waals surface area (Å²) in [6.07, 6.45) is -0.682. The highest BCUT2D eigenvalue weighted by atomic mass is 35.5. The number of benzene rings is 1. The third-order valence-electron chi connectivity index (χ3n) is 2.38. The summed E-state index contributed by atoms with van der Waals surface area (Å²) in [6.45, 7) is 0.715. The van der Waals surface area contributed by atoms with E-state index in [4.69, 9.17) is 16.3 Å². The second-order valence-corrected chi connectivity index (χ2v) is 5.07. The number of thioether (sulfide) groups is 1. The first-order valence-electron chi connectivity index (χ1n) is 4.90. The van der Waals surface area contributed by atoms with Crippen LogP contribution in [0.1, 0.15) is 11.7 Å². The Kier molecular flexibility index (Phi) is 3.92. The number of ether oxygens (including phenoxy) is 1. The first-order chi connectivity index (χ1) is 7.27. The van der Waals surface area contributed by atoms with Crippen molar-refractivity contribution in [3.8, 4) is 0 Å². The molecule has 2 atom stereocenters. The highest BCUT2D eigenvalue weighted by molar-refractivity contribution is 7.99. The van der Waals surface area contributed by atoms with Crippen LogP contribution in [0.2, 0.25) is 5.02 Å². The van der Waals surface area contributed by atoms with Crippen molar-refractivity contribution < 1.29 is 9.84 Å². The molecule has 1 heterocycles. The van der Waals surface area contributed by atoms with Gasteiger partial charge in [-0.3, -0.25) is 0 Å². The molecule has 1 aliphatic rings. The van der Waals surface area contributed by atoms with E-state index in [1.54, 1.807) is 12.1 Å². The SMILES string of the molecule is OC(c1cccc(Cl)c1)C1CSCCO1. The van der Waals surface area contributed by atoms with Crippen molar-refractivity contribution in [3.05, 3.63) is 34.9 Å². The van der Waals surface area contributed by atoms with E-state index in [1.165, 1.54) is 0 Å². The van der Waals surface area contributed by atoms with Crippen LogP contribution < -0.4 is 0 Å². The van der Waals surface area contributed by atoms with Crippen LogP contribution in [0.15, 0.2) is 24.3 Å². The third-order valence-corrected chi connectivity index (χ3v) is 3.64. The van der Waals surface area contributed by atoms with Gasteiger partial charge in [-0.1, -0.05) is 23.7 Å². The summed E-state index contributed by atoms with van der Waals surface area (Å²) in [5.41, 5.74) is 0.829. The molecule has 0 spiro atoms. The fraction of sp³-hybridized carbons (Fsp3) is 0.455. The standard InChI is InChI=1S/C11H13ClO2S/c12-9-3-1-2-8(6-9)11(13)10-7-15-5-4-14-10/h1-3,6,10-11,13H,4-5,7H2. The van der Waals surface area contributed by atoms with Gasteiger partial charge in [0.15, 0.2) is 0 Å². The fourth-order valence-corrected chi connectivity index (χ4v) is 2.68. The predicted octanol–water partition coefficient (Wildman–Crippen LogP) is 2.51. The van der Waals surface area contributed by atoms with Crippen LogP contribution in [0, 0.1) is 0 Å². The second-order valence-electron chi connectivity index (χ2n) is 3.48. The molecule has 0 bridgehead atoms. The Labute approximate surface area is 98.6 Å². The molecule has 2 unspecified atom stereocenters. The van der Waals surface area contributed by atoms with Crippen molar-refractivity contribution in [1.29, 1.82) is 0 Å². The lowest BCUT2D eigenvalue weighted by Gasteiger charge is -2.27. The van der Waals surface area contributed by atoms with Crippen molar-refractivity contribution in [1.82, 2.24) is 0 Å². The monoisotopic (exact) mass is 244 g/mol. The first-order valence-corrected chi connectivity index (χ1v) is 6.43. The average molecular weight is 245 g/mol. The Morgan fingerprint density at radius 2 is 2.40 bits per heavy atom. The van der Waals surface area contributed by atoms with Gasteiger partial charge in [-0.2, -0.15) is 11.8 Å². The van der Waals surface area contributed by atoms with Crippen LogP contribution in [-0.2, 0) is 4.74 Å². The van der Waals surface area contributed by atoms with Crippen LogP contribution >= 0.6 is 23.4 Å². The van der Waals surface area contributed by atoms with Crippen LogP contribution in [0.5, 0.6) is 0 Å². The second kappa shape index (κ2) is 5.21. The molecule has 1 N–H and O–H groups in total. The molecule has 1 saturated heterocycles. The third kappa shape index (κ3) is 2.88. The topological polar surface area (TPSA) is 29.5 Å². The van der Waals surface area contributed by atoms with Crippen molar-refractivity contribution in [2.24, 2.45) is 0 Å². The number of hydrogen-bond acceptors (Lipinski definition) is 3. The molecule has 0 aliphatic carbocycles. The Balaban J connectivity index is 2.08. The van der Waals surface area contributed by atoms with E-state index in [0.29, 0.717) is 11.6 Å². The predicted molar refractivity (Wildman–Crippen MR) is 63.5 cm³/mol. The van der Waals surface area contributed by atoms with E-state index in [-0.39, 0.29) is 6.10 Å². The molecule has 15 heavy (non-hydrogen) atoms. The number of rotatable bonds is 2. The zero-order valence-corrected chi connectivity index (χ0v) is 9.80. The number of aliphatic hydroxyl groups is 1. The lowest BCUT2D eigenvalue weighted by molar-refractivity contribution is -0.0227. The normalized spacial score (nSPS) is 23.7. The lowest BCUT2D eigenvalue weighted by Crippen LogP contribution is -2.29. The Morgan fingerprint density at radius 3 is 3.07 bits per heavy atom. The van der Waals surface area contributed by atoms with E-state index >= 15 is 0 Å². The maximum absolute atomic E-state index is 10.1. The molecular formula is C11H13ClO2S. The zero-order chi connectivity index (χ0) is 10.7. The van der Waals surface area contributed by atoms with E-state index in [1.807, 2.05) is 23.9 Å². The number of halogens is 1. The summed E-state index contributed by atoms with van der Waals surface area (Å²) in [6, 6.07) is 7.30. The summed E-state index contributed by atoms with van der Waals surface area (Å²) < 4.78 is 5.52. The number of aliphatic hydroxyl groups excluding tert-OH is 1. The van der Waals surface area contributed by atoms with E-state index in [0.717, 1.165) is 17.1 Å². The van der Waals surface area contributed by atoms with Gasteiger partial charge in [0.25, 0.3) is 0 Å². The molecule has 4 heteroatoms. The van der Waals surface area contributed by atoms with Gasteiger partial charge in [-0.25, -0.2) is 0 Å². The van der Waals surface area contributed by atoms with Gasteiger partial charge in [0, 0.05) is 16.5 Å². The molecule has 2 rings (SSSR count). The van der Waals surface area contributed by atoms with Crippen LogP contribution in [0.25, 0.3) is 0 Å². The van der Waals surface area contributed by atoms with Gasteiger partial charge in [0.2, 0.25) is 0 Å². The van der Waals surface area contributed by atoms with Crippen molar-refractivity contribution >= 4 is 23.4 Å². The summed E-state index contributed by atoms with van der Waals surface area (Å²) >= 11 is 7.68. The molecule has 1 aliphatic heterocycles. The summed E-state index contributed by atoms with van der Waals surface area (Å²) in [4.78, 5) is 0. The minimum absolute atomic E-state index is 0.109. The van der Waals surface area contributed by atoms with E-state index < -0.39 is 6.10 Å².